The van der Waals surface area contributed by atoms with Crippen molar-refractivity contribution in [2.45, 2.75) is 32.2 Å². The second-order valence-electron chi connectivity index (χ2n) is 8.06. The van der Waals surface area contributed by atoms with Crippen LogP contribution in [0.2, 0.25) is 0 Å². The van der Waals surface area contributed by atoms with Crippen LogP contribution in [0.15, 0.2) is 18.2 Å². The summed E-state index contributed by atoms with van der Waals surface area (Å²) >= 11 is 0. The zero-order valence-corrected chi connectivity index (χ0v) is 18.3. The summed E-state index contributed by atoms with van der Waals surface area (Å²) in [5.41, 5.74) is 3.01. The number of carbonyl (C=O) groups excluding carboxylic acids is 3. The van der Waals surface area contributed by atoms with Gasteiger partial charge in [-0.05, 0) is 24.1 Å². The van der Waals surface area contributed by atoms with Crippen LogP contribution in [0.25, 0.3) is 0 Å². The smallest absolute Gasteiger partial charge is 0.370 e. The number of amides is 3. The molecule has 1 saturated heterocycles. The molecule has 8 nitrogen and oxygen atoms in total. The van der Waals surface area contributed by atoms with Crippen LogP contribution in [0.3, 0.4) is 0 Å². The average Bonchev–Trinajstić information content (AvgIpc) is 2.65. The highest BCUT2D eigenvalue weighted by Crippen LogP contribution is 2.39. The van der Waals surface area contributed by atoms with E-state index in [2.05, 4.69) is 0 Å². The lowest BCUT2D eigenvalue weighted by Crippen LogP contribution is -2.55. The quantitative estimate of drug-likeness (QED) is 0.423. The van der Waals surface area contributed by atoms with Gasteiger partial charge in [0.2, 0.25) is 5.91 Å². The maximum Gasteiger partial charge on any atom is 0.418 e. The molecule has 0 spiro atoms. The lowest BCUT2D eigenvalue weighted by atomic mass is 10.1. The number of primary amides is 1. The molecule has 190 valence electrons. The molecule has 14 heteroatoms. The molecule has 0 radical (unpaired) electrons. The first-order valence-corrected chi connectivity index (χ1v) is 10.1. The molecule has 3 N–H and O–H groups in total. The predicted octanol–water partition coefficient (Wildman–Crippen LogP) is 2.38. The van der Waals surface area contributed by atoms with Crippen molar-refractivity contribution in [2.24, 2.45) is 11.7 Å². The molecule has 34 heavy (non-hydrogen) atoms. The van der Waals surface area contributed by atoms with Crippen molar-refractivity contribution in [3.8, 4) is 0 Å². The number of ether oxygens (including phenoxy) is 1. The number of nitrogens with zero attached hydrogens (tertiary/aromatic N) is 2. The predicted molar refractivity (Wildman–Crippen MR) is 109 cm³/mol. The van der Waals surface area contributed by atoms with E-state index in [1.54, 1.807) is 13.8 Å². The maximum atomic E-state index is 13.7. The lowest BCUT2D eigenvalue weighted by Gasteiger charge is -2.31. The van der Waals surface area contributed by atoms with Gasteiger partial charge in [0.25, 0.3) is 11.8 Å². The molecule has 3 amide bonds. The van der Waals surface area contributed by atoms with Crippen LogP contribution in [0.5, 0.6) is 0 Å². The normalized spacial score (nSPS) is 16.2. The molecule has 0 bridgehead atoms. The molecule has 0 saturated carbocycles. The largest absolute Gasteiger partial charge is 0.418 e. The Morgan fingerprint density at radius 2 is 1.85 bits per heavy atom. The Hall–Kier alpha value is -2.87. The summed E-state index contributed by atoms with van der Waals surface area (Å²) in [5.74, 6) is -3.80. The Morgan fingerprint density at radius 3 is 2.35 bits per heavy atom. The molecule has 1 aromatic carbocycles. The number of morpholine rings is 1. The highest BCUT2D eigenvalue weighted by Gasteiger charge is 2.40. The zero-order chi connectivity index (χ0) is 25.8. The van der Waals surface area contributed by atoms with E-state index in [4.69, 9.17) is 10.5 Å². The van der Waals surface area contributed by atoms with Gasteiger partial charge in [0.05, 0.1) is 24.4 Å². The highest BCUT2D eigenvalue weighted by atomic mass is 19.4. The van der Waals surface area contributed by atoms with Gasteiger partial charge in [-0.1, -0.05) is 13.8 Å². The molecule has 1 atom stereocenters. The second-order valence-corrected chi connectivity index (χ2v) is 8.06. The van der Waals surface area contributed by atoms with E-state index in [0.29, 0.717) is 11.0 Å². The van der Waals surface area contributed by atoms with Crippen molar-refractivity contribution in [2.75, 3.05) is 43.1 Å². The Kier molecular flexibility index (Phi) is 8.53. The van der Waals surface area contributed by atoms with E-state index in [1.807, 2.05) is 5.32 Å². The Labute approximate surface area is 191 Å². The molecule has 1 heterocycles. The van der Waals surface area contributed by atoms with E-state index in [0.717, 1.165) is 17.0 Å². The first kappa shape index (κ1) is 27.4. The molecule has 1 aliphatic rings. The molecule has 2 rings (SSSR count). The molecule has 1 aromatic rings. The van der Waals surface area contributed by atoms with Gasteiger partial charge in [-0.25, -0.2) is 0 Å². The topological polar surface area (TPSA) is 105 Å². The molecule has 1 aliphatic heterocycles. The van der Waals surface area contributed by atoms with Crippen LogP contribution in [0.1, 0.15) is 19.4 Å². The third-order valence-corrected chi connectivity index (χ3v) is 4.71. The summed E-state index contributed by atoms with van der Waals surface area (Å²) in [5, 5.41) is 2.04. The summed E-state index contributed by atoms with van der Waals surface area (Å²) in [4.78, 5) is 38.0. The van der Waals surface area contributed by atoms with Gasteiger partial charge in [-0.3, -0.25) is 19.3 Å². The van der Waals surface area contributed by atoms with Crippen molar-refractivity contribution >= 4 is 29.1 Å². The van der Waals surface area contributed by atoms with Crippen molar-refractivity contribution in [1.29, 1.82) is 0 Å². The molecular weight excluding hydrogens is 474 g/mol. The fraction of sp³-hybridized carbons (Fsp3) is 0.550. The summed E-state index contributed by atoms with van der Waals surface area (Å²) in [6, 6.07) is 0.436. The first-order chi connectivity index (χ1) is 15.6. The van der Waals surface area contributed by atoms with Gasteiger partial charge < -0.3 is 20.7 Å². The SMILES string of the molecule is CC(C)CN(CC(F)(F)F)[C@H](C(N)=O)C(=O)Nc1ccc(N2CCOCC2=O)c(C(F)(F)F)c1. The number of nitrogens with two attached hydrogens (primary N) is 1. The fourth-order valence-corrected chi connectivity index (χ4v) is 3.50. The second kappa shape index (κ2) is 10.6. The van der Waals surface area contributed by atoms with E-state index in [1.165, 1.54) is 0 Å². The monoisotopic (exact) mass is 498 g/mol. The van der Waals surface area contributed by atoms with Crippen molar-refractivity contribution in [3.63, 3.8) is 0 Å². The van der Waals surface area contributed by atoms with Crippen LogP contribution in [-0.4, -0.2) is 67.7 Å². The Balaban J connectivity index is 2.38. The van der Waals surface area contributed by atoms with E-state index in [9.17, 15) is 40.7 Å². The van der Waals surface area contributed by atoms with Crippen molar-refractivity contribution in [1.82, 2.24) is 4.90 Å². The molecule has 0 aliphatic carbocycles. The number of hydrogen-bond donors (Lipinski definition) is 2. The van der Waals surface area contributed by atoms with Crippen LogP contribution in [0, 0.1) is 5.92 Å². The number of anilines is 2. The maximum absolute atomic E-state index is 13.7. The van der Waals surface area contributed by atoms with Gasteiger partial charge >= 0.3 is 12.4 Å². The summed E-state index contributed by atoms with van der Waals surface area (Å²) in [6.45, 7) is 0.651. The number of nitrogens with one attached hydrogen (secondary N) is 1. The van der Waals surface area contributed by atoms with Gasteiger partial charge in [0.1, 0.15) is 6.61 Å². The van der Waals surface area contributed by atoms with Crippen LogP contribution in [0.4, 0.5) is 37.7 Å². The number of rotatable bonds is 8. The third kappa shape index (κ3) is 7.32. The van der Waals surface area contributed by atoms with Crippen molar-refractivity contribution in [3.05, 3.63) is 23.8 Å². The number of halogens is 6. The molecule has 0 aromatic heterocycles. The number of hydrogen-bond acceptors (Lipinski definition) is 5. The van der Waals surface area contributed by atoms with Crippen LogP contribution >= 0.6 is 0 Å². The number of benzene rings is 1. The van der Waals surface area contributed by atoms with E-state index >= 15 is 0 Å². The minimum absolute atomic E-state index is 0.0205. The molecular formula is C20H24F6N4O4. The number of carbonyl (C=O) groups is 3. The van der Waals surface area contributed by atoms with Gasteiger partial charge in [0.15, 0.2) is 6.04 Å². The van der Waals surface area contributed by atoms with Crippen LogP contribution in [-0.2, 0) is 25.3 Å². The van der Waals surface area contributed by atoms with Gasteiger partial charge in [-0.2, -0.15) is 26.3 Å². The minimum atomic E-state index is -4.93. The molecule has 1 fully saturated rings. The van der Waals surface area contributed by atoms with E-state index in [-0.39, 0.29) is 25.6 Å². The average molecular weight is 498 g/mol. The van der Waals surface area contributed by atoms with Crippen LogP contribution < -0.4 is 16.0 Å². The lowest BCUT2D eigenvalue weighted by molar-refractivity contribution is -0.158. The van der Waals surface area contributed by atoms with Crippen molar-refractivity contribution < 1.29 is 45.5 Å². The standard InChI is InChI=1S/C20H24F6N4O4/c1-11(2)8-29(10-19(21,22)23)16(17(27)32)18(33)28-12-3-4-14(13(7-12)20(24,25)26)30-5-6-34-9-15(30)31/h3-4,7,11,16H,5-6,8-10H2,1-2H3,(H2,27,32)(H,28,33)/t16-/m1/s1. The minimum Gasteiger partial charge on any atom is -0.370 e. The zero-order valence-electron chi connectivity index (χ0n) is 18.3. The van der Waals surface area contributed by atoms with Gasteiger partial charge in [-0.15, -0.1) is 0 Å². The van der Waals surface area contributed by atoms with Gasteiger partial charge in [0, 0.05) is 18.8 Å². The summed E-state index contributed by atoms with van der Waals surface area (Å²) < 4.78 is 85.1. The molecule has 0 unspecified atom stereocenters. The summed E-state index contributed by atoms with van der Waals surface area (Å²) in [7, 11) is 0. The van der Waals surface area contributed by atoms with E-state index < -0.39 is 66.2 Å². The third-order valence-electron chi connectivity index (χ3n) is 4.71. The Bertz CT molecular complexity index is 919. The summed E-state index contributed by atoms with van der Waals surface area (Å²) in [6.07, 6.45) is -9.70. The first-order valence-electron chi connectivity index (χ1n) is 10.1. The fourth-order valence-electron chi connectivity index (χ4n) is 3.50. The highest BCUT2D eigenvalue weighted by molar-refractivity contribution is 6.09. The number of alkyl halides is 6. The Morgan fingerprint density at radius 1 is 1.21 bits per heavy atom.